The minimum absolute atomic E-state index is 0.510. The first-order valence-corrected chi connectivity index (χ1v) is 9.02. The molecule has 4 rings (SSSR count). The molecule has 5 heteroatoms. The van der Waals surface area contributed by atoms with Crippen molar-refractivity contribution in [3.8, 4) is 5.69 Å². The van der Waals surface area contributed by atoms with Crippen LogP contribution in [0.25, 0.3) is 5.69 Å². The molecule has 2 fully saturated rings. The summed E-state index contributed by atoms with van der Waals surface area (Å²) in [6, 6.07) is 9.76. The van der Waals surface area contributed by atoms with Gasteiger partial charge in [0.1, 0.15) is 0 Å². The largest absolute Gasteiger partial charge is 0.379 e. The molecule has 0 amide bonds. The van der Waals surface area contributed by atoms with Crippen LogP contribution >= 0.6 is 0 Å². The highest BCUT2D eigenvalue weighted by molar-refractivity contribution is 5.35. The maximum Gasteiger partial charge on any atom is 0.0991 e. The number of hydrogen-bond donors (Lipinski definition) is 2. The Labute approximate surface area is 143 Å². The number of benzene rings is 1. The number of hydrogen-bond acceptors (Lipinski definition) is 4. The zero-order chi connectivity index (χ0) is 16.2. The third-order valence-corrected chi connectivity index (χ3v) is 5.32. The van der Waals surface area contributed by atoms with E-state index in [0.29, 0.717) is 18.0 Å². The van der Waals surface area contributed by atoms with E-state index in [1.54, 1.807) is 0 Å². The highest BCUT2D eigenvalue weighted by atomic mass is 16.5. The summed E-state index contributed by atoms with van der Waals surface area (Å²) in [6.07, 6.45) is 9.52. The molecule has 0 radical (unpaired) electrons. The van der Waals surface area contributed by atoms with Crippen molar-refractivity contribution in [2.75, 3.05) is 19.8 Å². The Morgan fingerprint density at radius 1 is 1.33 bits per heavy atom. The number of nitrogens with one attached hydrogen (secondary N) is 2. The Balaban J connectivity index is 1.38. The number of rotatable bonds is 5. The zero-order valence-corrected chi connectivity index (χ0v) is 14.0. The predicted molar refractivity (Wildman–Crippen MR) is 94.1 cm³/mol. The van der Waals surface area contributed by atoms with Crippen LogP contribution in [0.2, 0.25) is 0 Å². The SMILES string of the molecule is c1cc(CNC2CCCC2C2COCCN2)cc(-n2ccnc2)c1. The average Bonchev–Trinajstić information content (AvgIpc) is 3.33. The van der Waals surface area contributed by atoms with E-state index < -0.39 is 0 Å². The molecular formula is C19H26N4O. The summed E-state index contributed by atoms with van der Waals surface area (Å²) in [5.74, 6) is 0.683. The molecule has 24 heavy (non-hydrogen) atoms. The quantitative estimate of drug-likeness (QED) is 0.884. The Bertz CT molecular complexity index is 637. The standard InChI is InChI=1S/C19H26N4O/c1-3-15(11-16(4-1)23-9-7-20-14-23)12-22-18-6-2-5-17(18)19-13-24-10-8-21-19/h1,3-4,7,9,11,14,17-19,21-22H,2,5-6,8,10,12-13H2. The van der Waals surface area contributed by atoms with E-state index >= 15 is 0 Å². The van der Waals surface area contributed by atoms with E-state index in [1.807, 2.05) is 23.3 Å². The van der Waals surface area contributed by atoms with Gasteiger partial charge in [-0.2, -0.15) is 0 Å². The van der Waals surface area contributed by atoms with Gasteiger partial charge in [0, 0.05) is 43.3 Å². The van der Waals surface area contributed by atoms with Gasteiger partial charge in [-0.25, -0.2) is 4.98 Å². The van der Waals surface area contributed by atoms with Crippen molar-refractivity contribution >= 4 is 0 Å². The van der Waals surface area contributed by atoms with Gasteiger partial charge in [-0.3, -0.25) is 0 Å². The van der Waals surface area contributed by atoms with E-state index in [0.717, 1.165) is 32.0 Å². The maximum absolute atomic E-state index is 5.66. The van der Waals surface area contributed by atoms with Gasteiger partial charge < -0.3 is 19.9 Å². The molecule has 0 bridgehead atoms. The van der Waals surface area contributed by atoms with Crippen molar-refractivity contribution in [3.05, 3.63) is 48.5 Å². The van der Waals surface area contributed by atoms with Gasteiger partial charge in [-0.1, -0.05) is 18.6 Å². The summed E-state index contributed by atoms with van der Waals surface area (Å²) < 4.78 is 7.71. The number of nitrogens with zero attached hydrogens (tertiary/aromatic N) is 2. The molecule has 1 aliphatic carbocycles. The van der Waals surface area contributed by atoms with Crippen LogP contribution in [0.3, 0.4) is 0 Å². The van der Waals surface area contributed by atoms with Crippen LogP contribution in [-0.4, -0.2) is 41.4 Å². The molecule has 2 aliphatic rings. The van der Waals surface area contributed by atoms with Crippen LogP contribution in [0.4, 0.5) is 0 Å². The number of ether oxygens (including phenoxy) is 1. The second-order valence-electron chi connectivity index (χ2n) is 6.86. The molecule has 1 aromatic carbocycles. The molecule has 2 N–H and O–H groups in total. The van der Waals surface area contributed by atoms with Gasteiger partial charge in [0.25, 0.3) is 0 Å². The molecule has 0 spiro atoms. The molecule has 3 unspecified atom stereocenters. The second kappa shape index (κ2) is 7.47. The van der Waals surface area contributed by atoms with Crippen molar-refractivity contribution in [3.63, 3.8) is 0 Å². The lowest BCUT2D eigenvalue weighted by atomic mass is 9.94. The van der Waals surface area contributed by atoms with Crippen LogP contribution in [0.1, 0.15) is 24.8 Å². The maximum atomic E-state index is 5.66. The van der Waals surface area contributed by atoms with Crippen LogP contribution in [0.5, 0.6) is 0 Å². The predicted octanol–water partition coefficient (Wildman–Crippen LogP) is 2.12. The van der Waals surface area contributed by atoms with Crippen molar-refractivity contribution in [2.45, 2.75) is 37.9 Å². The Morgan fingerprint density at radius 3 is 3.17 bits per heavy atom. The van der Waals surface area contributed by atoms with Crippen molar-refractivity contribution in [2.24, 2.45) is 5.92 Å². The first kappa shape index (κ1) is 15.8. The number of aromatic nitrogens is 2. The molecule has 5 nitrogen and oxygen atoms in total. The van der Waals surface area contributed by atoms with Crippen molar-refractivity contribution in [1.29, 1.82) is 0 Å². The molecule has 2 heterocycles. The Hall–Kier alpha value is -1.69. The molecule has 2 aromatic rings. The van der Waals surface area contributed by atoms with E-state index in [-0.39, 0.29) is 0 Å². The monoisotopic (exact) mass is 326 g/mol. The molecule has 1 saturated heterocycles. The summed E-state index contributed by atoms with van der Waals surface area (Å²) in [5.41, 5.74) is 2.48. The van der Waals surface area contributed by atoms with Crippen molar-refractivity contribution < 1.29 is 4.74 Å². The third-order valence-electron chi connectivity index (χ3n) is 5.32. The summed E-state index contributed by atoms with van der Waals surface area (Å²) in [4.78, 5) is 4.13. The fourth-order valence-electron chi connectivity index (χ4n) is 4.07. The van der Waals surface area contributed by atoms with Gasteiger partial charge in [0.15, 0.2) is 0 Å². The fraction of sp³-hybridized carbons (Fsp3) is 0.526. The smallest absolute Gasteiger partial charge is 0.0991 e. The number of morpholine rings is 1. The zero-order valence-electron chi connectivity index (χ0n) is 14.0. The summed E-state index contributed by atoms with van der Waals surface area (Å²) >= 11 is 0. The number of imidazole rings is 1. The van der Waals surface area contributed by atoms with Gasteiger partial charge >= 0.3 is 0 Å². The second-order valence-corrected chi connectivity index (χ2v) is 6.86. The minimum atomic E-state index is 0.510. The van der Waals surface area contributed by atoms with Gasteiger partial charge in [-0.15, -0.1) is 0 Å². The lowest BCUT2D eigenvalue weighted by Crippen LogP contribution is -2.50. The lowest BCUT2D eigenvalue weighted by Gasteiger charge is -2.33. The first-order chi connectivity index (χ1) is 11.9. The summed E-state index contributed by atoms with van der Waals surface area (Å²) in [7, 11) is 0. The van der Waals surface area contributed by atoms with Crippen LogP contribution in [0, 0.1) is 5.92 Å². The first-order valence-electron chi connectivity index (χ1n) is 9.02. The van der Waals surface area contributed by atoms with E-state index in [9.17, 15) is 0 Å². The average molecular weight is 326 g/mol. The highest BCUT2D eigenvalue weighted by Crippen LogP contribution is 2.29. The molecule has 128 valence electrons. The Kier molecular flexibility index (Phi) is 4.92. The summed E-state index contributed by atoms with van der Waals surface area (Å²) in [5, 5.41) is 7.44. The molecular weight excluding hydrogens is 300 g/mol. The topological polar surface area (TPSA) is 51.1 Å². The van der Waals surface area contributed by atoms with Gasteiger partial charge in [-0.05, 0) is 36.5 Å². The van der Waals surface area contributed by atoms with E-state index in [4.69, 9.17) is 4.74 Å². The van der Waals surface area contributed by atoms with Crippen molar-refractivity contribution in [1.82, 2.24) is 20.2 Å². The Morgan fingerprint density at radius 2 is 2.33 bits per heavy atom. The van der Waals surface area contributed by atoms with Crippen LogP contribution < -0.4 is 10.6 Å². The normalized spacial score (nSPS) is 27.4. The fourth-order valence-corrected chi connectivity index (χ4v) is 4.07. The van der Waals surface area contributed by atoms with Crippen LogP contribution in [0.15, 0.2) is 43.0 Å². The van der Waals surface area contributed by atoms with Crippen LogP contribution in [-0.2, 0) is 11.3 Å². The van der Waals surface area contributed by atoms with Gasteiger partial charge in [0.05, 0.1) is 19.5 Å². The molecule has 1 aromatic heterocycles. The van der Waals surface area contributed by atoms with Gasteiger partial charge in [0.2, 0.25) is 0 Å². The lowest BCUT2D eigenvalue weighted by molar-refractivity contribution is 0.0524. The third kappa shape index (κ3) is 3.53. The van der Waals surface area contributed by atoms with E-state index in [1.165, 1.54) is 24.8 Å². The minimum Gasteiger partial charge on any atom is -0.379 e. The highest BCUT2D eigenvalue weighted by Gasteiger charge is 2.34. The molecule has 1 saturated carbocycles. The molecule has 1 aliphatic heterocycles. The van der Waals surface area contributed by atoms with E-state index in [2.05, 4.69) is 39.9 Å². The molecule has 3 atom stereocenters. The summed E-state index contributed by atoms with van der Waals surface area (Å²) in [6.45, 7) is 3.61.